The number of nitrogens with one attached hydrogen (secondary N) is 2. The summed E-state index contributed by atoms with van der Waals surface area (Å²) in [5, 5.41) is 6.27. The highest BCUT2D eigenvalue weighted by Crippen LogP contribution is 2.33. The fraction of sp³-hybridized carbons (Fsp3) is 0.533. The molecule has 2 unspecified atom stereocenters. The molecule has 0 aromatic heterocycles. The molecule has 2 N–H and O–H groups in total. The van der Waals surface area contributed by atoms with Crippen LogP contribution in [-0.2, 0) is 16.0 Å². The third-order valence-electron chi connectivity index (χ3n) is 3.63. The number of carbonyl (C=O) groups is 1. The Labute approximate surface area is 128 Å². The topological polar surface area (TPSA) is 50.4 Å². The lowest BCUT2D eigenvalue weighted by molar-refractivity contribution is -0.123. The van der Waals surface area contributed by atoms with Crippen molar-refractivity contribution in [2.24, 2.45) is 0 Å². The molecule has 4 nitrogen and oxygen atoms in total. The van der Waals surface area contributed by atoms with Gasteiger partial charge in [-0.25, -0.2) is 0 Å². The number of rotatable bonds is 6. The van der Waals surface area contributed by atoms with Gasteiger partial charge in [-0.2, -0.15) is 0 Å². The minimum Gasteiger partial charge on any atom is -0.383 e. The first-order valence-electron chi connectivity index (χ1n) is 6.93. The molecule has 2 atom stereocenters. The van der Waals surface area contributed by atoms with E-state index in [9.17, 15) is 4.79 Å². The Bertz CT molecular complexity index is 479. The van der Waals surface area contributed by atoms with Crippen LogP contribution in [0.4, 0.5) is 0 Å². The summed E-state index contributed by atoms with van der Waals surface area (Å²) in [5.74, 6) is 0.0209. The van der Waals surface area contributed by atoms with Crippen molar-refractivity contribution in [3.8, 4) is 0 Å². The summed E-state index contributed by atoms with van der Waals surface area (Å²) < 4.78 is 6.04. The Hall–Kier alpha value is -0.910. The van der Waals surface area contributed by atoms with E-state index in [2.05, 4.69) is 44.8 Å². The zero-order valence-electron chi connectivity index (χ0n) is 11.9. The molecule has 0 fully saturated rings. The first-order valence-corrected chi connectivity index (χ1v) is 7.72. The minimum absolute atomic E-state index is 0.0209. The SMILES string of the molecule is COCCNC(=O)C(C)NC1CCc2cc(Br)ccc21. The Morgan fingerprint density at radius 1 is 1.55 bits per heavy atom. The molecule has 0 heterocycles. The van der Waals surface area contributed by atoms with Crippen LogP contribution in [0.1, 0.15) is 30.5 Å². The molecular formula is C15H21BrN2O2. The van der Waals surface area contributed by atoms with Gasteiger partial charge < -0.3 is 10.1 Å². The third kappa shape index (κ3) is 3.81. The number of ether oxygens (including phenoxy) is 1. The summed E-state index contributed by atoms with van der Waals surface area (Å²) in [6, 6.07) is 6.43. The summed E-state index contributed by atoms with van der Waals surface area (Å²) >= 11 is 3.50. The van der Waals surface area contributed by atoms with Gasteiger partial charge in [0.25, 0.3) is 0 Å². The lowest BCUT2D eigenvalue weighted by Gasteiger charge is -2.20. The number of methoxy groups -OCH3 is 1. The van der Waals surface area contributed by atoms with Crippen molar-refractivity contribution < 1.29 is 9.53 Å². The number of carbonyl (C=O) groups excluding carboxylic acids is 1. The van der Waals surface area contributed by atoms with E-state index in [1.165, 1.54) is 11.1 Å². The summed E-state index contributed by atoms with van der Waals surface area (Å²) in [4.78, 5) is 11.9. The third-order valence-corrected chi connectivity index (χ3v) is 4.13. The molecule has 1 aromatic rings. The first-order chi connectivity index (χ1) is 9.61. The van der Waals surface area contributed by atoms with Crippen LogP contribution in [0.3, 0.4) is 0 Å². The maximum atomic E-state index is 11.9. The van der Waals surface area contributed by atoms with Crippen molar-refractivity contribution >= 4 is 21.8 Å². The second kappa shape index (κ2) is 7.20. The van der Waals surface area contributed by atoms with Gasteiger partial charge >= 0.3 is 0 Å². The van der Waals surface area contributed by atoms with Crippen molar-refractivity contribution in [1.29, 1.82) is 0 Å². The predicted molar refractivity (Wildman–Crippen MR) is 82.7 cm³/mol. The van der Waals surface area contributed by atoms with Crippen LogP contribution in [0.2, 0.25) is 0 Å². The fourth-order valence-electron chi connectivity index (χ4n) is 2.57. The van der Waals surface area contributed by atoms with Gasteiger partial charge in [0.15, 0.2) is 0 Å². The standard InChI is InChI=1S/C15H21BrN2O2/c1-10(15(19)17-7-8-20-2)18-14-6-3-11-9-12(16)4-5-13(11)14/h4-5,9-10,14,18H,3,6-8H2,1-2H3,(H,17,19). The molecule has 1 aliphatic carbocycles. The van der Waals surface area contributed by atoms with Crippen LogP contribution >= 0.6 is 15.9 Å². The summed E-state index contributed by atoms with van der Waals surface area (Å²) in [6.07, 6.45) is 2.10. The molecule has 1 amide bonds. The van der Waals surface area contributed by atoms with E-state index in [1.807, 2.05) is 6.92 Å². The van der Waals surface area contributed by atoms with Crippen LogP contribution in [0.15, 0.2) is 22.7 Å². The van der Waals surface area contributed by atoms with Gasteiger partial charge in [-0.3, -0.25) is 10.1 Å². The largest absolute Gasteiger partial charge is 0.383 e. The average molecular weight is 341 g/mol. The summed E-state index contributed by atoms with van der Waals surface area (Å²) in [5.41, 5.74) is 2.67. The second-order valence-corrected chi connectivity index (χ2v) is 6.02. The molecule has 1 aliphatic rings. The molecule has 110 valence electrons. The molecule has 0 saturated heterocycles. The van der Waals surface area contributed by atoms with Gasteiger partial charge in [0.05, 0.1) is 12.6 Å². The zero-order valence-corrected chi connectivity index (χ0v) is 13.5. The maximum Gasteiger partial charge on any atom is 0.236 e. The maximum absolute atomic E-state index is 11.9. The monoisotopic (exact) mass is 340 g/mol. The molecule has 2 rings (SSSR count). The number of amides is 1. The van der Waals surface area contributed by atoms with Crippen LogP contribution in [0.5, 0.6) is 0 Å². The smallest absolute Gasteiger partial charge is 0.236 e. The Morgan fingerprint density at radius 3 is 3.10 bits per heavy atom. The van der Waals surface area contributed by atoms with Crippen molar-refractivity contribution in [2.75, 3.05) is 20.3 Å². The van der Waals surface area contributed by atoms with E-state index >= 15 is 0 Å². The van der Waals surface area contributed by atoms with Gasteiger partial charge in [-0.05, 0) is 43.0 Å². The van der Waals surface area contributed by atoms with Crippen LogP contribution in [0.25, 0.3) is 0 Å². The molecule has 0 saturated carbocycles. The van der Waals surface area contributed by atoms with E-state index in [0.717, 1.165) is 17.3 Å². The molecule has 1 aromatic carbocycles. The Morgan fingerprint density at radius 2 is 2.35 bits per heavy atom. The summed E-state index contributed by atoms with van der Waals surface area (Å²) in [7, 11) is 1.63. The van der Waals surface area contributed by atoms with Crippen molar-refractivity contribution in [2.45, 2.75) is 31.8 Å². The van der Waals surface area contributed by atoms with Gasteiger partial charge in [-0.15, -0.1) is 0 Å². The predicted octanol–water partition coefficient (Wildman–Crippen LogP) is 2.18. The molecule has 0 radical (unpaired) electrons. The highest BCUT2D eigenvalue weighted by atomic mass is 79.9. The number of benzene rings is 1. The fourth-order valence-corrected chi connectivity index (χ4v) is 2.97. The molecule has 20 heavy (non-hydrogen) atoms. The highest BCUT2D eigenvalue weighted by Gasteiger charge is 2.25. The van der Waals surface area contributed by atoms with E-state index in [0.29, 0.717) is 13.2 Å². The quantitative estimate of drug-likeness (QED) is 0.780. The lowest BCUT2D eigenvalue weighted by Crippen LogP contribution is -2.44. The molecule has 0 aliphatic heterocycles. The van der Waals surface area contributed by atoms with Crippen LogP contribution < -0.4 is 10.6 Å². The summed E-state index contributed by atoms with van der Waals surface area (Å²) in [6.45, 7) is 2.99. The van der Waals surface area contributed by atoms with E-state index in [1.54, 1.807) is 7.11 Å². The molecule has 5 heteroatoms. The van der Waals surface area contributed by atoms with Gasteiger partial charge in [0.2, 0.25) is 5.91 Å². The highest BCUT2D eigenvalue weighted by molar-refractivity contribution is 9.10. The Kier molecular flexibility index (Phi) is 5.57. The van der Waals surface area contributed by atoms with Gasteiger partial charge in [0.1, 0.15) is 0 Å². The van der Waals surface area contributed by atoms with Gasteiger partial charge in [0, 0.05) is 24.2 Å². The molecular weight excluding hydrogens is 320 g/mol. The number of halogens is 1. The molecule has 0 bridgehead atoms. The van der Waals surface area contributed by atoms with Crippen LogP contribution in [0, 0.1) is 0 Å². The van der Waals surface area contributed by atoms with Crippen LogP contribution in [-0.4, -0.2) is 32.2 Å². The normalized spacial score (nSPS) is 18.6. The van der Waals surface area contributed by atoms with Crippen molar-refractivity contribution in [3.05, 3.63) is 33.8 Å². The van der Waals surface area contributed by atoms with Crippen molar-refractivity contribution in [3.63, 3.8) is 0 Å². The first kappa shape index (κ1) is 15.5. The Balaban J connectivity index is 1.90. The number of hydrogen-bond acceptors (Lipinski definition) is 3. The minimum atomic E-state index is -0.202. The van der Waals surface area contributed by atoms with Gasteiger partial charge in [-0.1, -0.05) is 22.0 Å². The second-order valence-electron chi connectivity index (χ2n) is 5.11. The molecule has 0 spiro atoms. The number of hydrogen-bond donors (Lipinski definition) is 2. The van der Waals surface area contributed by atoms with Crippen molar-refractivity contribution in [1.82, 2.24) is 10.6 Å². The number of aryl methyl sites for hydroxylation is 1. The van der Waals surface area contributed by atoms with E-state index < -0.39 is 0 Å². The van der Waals surface area contributed by atoms with E-state index in [4.69, 9.17) is 4.74 Å². The lowest BCUT2D eigenvalue weighted by atomic mass is 10.1. The number of fused-ring (bicyclic) bond motifs is 1. The zero-order chi connectivity index (χ0) is 14.5. The van der Waals surface area contributed by atoms with E-state index in [-0.39, 0.29) is 18.0 Å². The average Bonchev–Trinajstić information content (AvgIpc) is 2.81.